The monoisotopic (exact) mass is 303 g/mol. The maximum atomic E-state index is 5.88. The number of hydrogen-bond donors (Lipinski definition) is 1. The Morgan fingerprint density at radius 2 is 2.16 bits per heavy atom. The Morgan fingerprint density at radius 1 is 1.32 bits per heavy atom. The van der Waals surface area contributed by atoms with Crippen molar-refractivity contribution in [2.24, 2.45) is 0 Å². The van der Waals surface area contributed by atoms with Gasteiger partial charge in [-0.05, 0) is 44.3 Å². The topological polar surface area (TPSA) is 53.9 Å². The van der Waals surface area contributed by atoms with Crippen molar-refractivity contribution in [3.63, 3.8) is 0 Å². The van der Waals surface area contributed by atoms with Crippen molar-refractivity contribution < 1.29 is 0 Å². The summed E-state index contributed by atoms with van der Waals surface area (Å²) in [5.74, 6) is 0.508. The second-order valence-corrected chi connectivity index (χ2v) is 5.58. The van der Waals surface area contributed by atoms with Crippen molar-refractivity contribution >= 4 is 29.0 Å². The highest BCUT2D eigenvalue weighted by molar-refractivity contribution is 6.32. The van der Waals surface area contributed by atoms with E-state index in [0.29, 0.717) is 11.9 Å². The number of nitrogens with zero attached hydrogens (tertiary/aromatic N) is 4. The summed E-state index contributed by atoms with van der Waals surface area (Å²) in [6.45, 7) is 5.41. The summed E-state index contributed by atoms with van der Waals surface area (Å²) in [5.41, 5.74) is 0. The molecule has 5 nitrogen and oxygen atoms in total. The number of piperidine rings is 1. The smallest absolute Gasteiger partial charge is 0.245 e. The molecule has 0 aromatic carbocycles. The molecule has 0 aliphatic carbocycles. The van der Waals surface area contributed by atoms with Gasteiger partial charge in [0, 0.05) is 19.1 Å². The predicted molar refractivity (Wildman–Crippen MR) is 77.8 cm³/mol. The minimum Gasteiger partial charge on any atom is -0.367 e. The van der Waals surface area contributed by atoms with Crippen molar-refractivity contribution in [2.75, 3.05) is 25.0 Å². The Labute approximate surface area is 123 Å². The highest BCUT2D eigenvalue weighted by Crippen LogP contribution is 2.18. The van der Waals surface area contributed by atoms with E-state index in [9.17, 15) is 0 Å². The Morgan fingerprint density at radius 3 is 2.95 bits per heavy atom. The summed E-state index contributed by atoms with van der Waals surface area (Å²) < 4.78 is 0. The molecule has 2 heterocycles. The average molecular weight is 304 g/mol. The maximum Gasteiger partial charge on any atom is 0.245 e. The third-order valence-electron chi connectivity index (χ3n) is 3.47. The molecule has 0 amide bonds. The van der Waals surface area contributed by atoms with Crippen LogP contribution in [0.4, 0.5) is 5.82 Å². The van der Waals surface area contributed by atoms with Crippen LogP contribution in [0, 0.1) is 0 Å². The Bertz CT molecular complexity index is 415. The zero-order chi connectivity index (χ0) is 13.7. The molecule has 1 aromatic rings. The molecule has 1 saturated heterocycles. The van der Waals surface area contributed by atoms with Gasteiger partial charge in [0.2, 0.25) is 5.28 Å². The molecule has 1 atom stereocenters. The van der Waals surface area contributed by atoms with Crippen LogP contribution in [-0.4, -0.2) is 45.8 Å². The fourth-order valence-electron chi connectivity index (χ4n) is 2.38. The lowest BCUT2D eigenvalue weighted by molar-refractivity contribution is 0.160. The van der Waals surface area contributed by atoms with E-state index >= 15 is 0 Å². The SMILES string of the molecule is CC1CCCCN1CCCNc1nc(Cl)nnc1Cl. The fraction of sp³-hybridized carbons (Fsp3) is 0.750. The van der Waals surface area contributed by atoms with E-state index < -0.39 is 0 Å². The van der Waals surface area contributed by atoms with E-state index in [0.717, 1.165) is 19.5 Å². The van der Waals surface area contributed by atoms with Gasteiger partial charge in [-0.3, -0.25) is 0 Å². The predicted octanol–water partition coefficient (Wildman–Crippen LogP) is 2.85. The number of halogens is 2. The molecule has 106 valence electrons. The first kappa shape index (κ1) is 14.8. The number of aromatic nitrogens is 3. The van der Waals surface area contributed by atoms with Gasteiger partial charge in [0.05, 0.1) is 0 Å². The van der Waals surface area contributed by atoms with Crippen molar-refractivity contribution in [2.45, 2.75) is 38.6 Å². The molecule has 0 bridgehead atoms. The summed E-state index contributed by atoms with van der Waals surface area (Å²) in [6.07, 6.45) is 5.03. The van der Waals surface area contributed by atoms with E-state index in [2.05, 4.69) is 32.3 Å². The van der Waals surface area contributed by atoms with E-state index in [1.165, 1.54) is 25.8 Å². The van der Waals surface area contributed by atoms with Crippen LogP contribution in [0.15, 0.2) is 0 Å². The number of anilines is 1. The highest BCUT2D eigenvalue weighted by Gasteiger charge is 2.17. The molecule has 2 rings (SSSR count). The summed E-state index contributed by atoms with van der Waals surface area (Å²) in [7, 11) is 0. The van der Waals surface area contributed by atoms with Gasteiger partial charge in [-0.15, -0.1) is 10.2 Å². The third-order valence-corrected chi connectivity index (χ3v) is 3.89. The van der Waals surface area contributed by atoms with Gasteiger partial charge >= 0.3 is 0 Å². The van der Waals surface area contributed by atoms with Gasteiger partial charge in [0.15, 0.2) is 11.0 Å². The van der Waals surface area contributed by atoms with Crippen molar-refractivity contribution in [3.8, 4) is 0 Å². The molecule has 19 heavy (non-hydrogen) atoms. The lowest BCUT2D eigenvalue weighted by Crippen LogP contribution is -2.38. The maximum absolute atomic E-state index is 5.88. The van der Waals surface area contributed by atoms with Crippen molar-refractivity contribution in [1.82, 2.24) is 20.1 Å². The molecule has 0 saturated carbocycles. The summed E-state index contributed by atoms with van der Waals surface area (Å²) in [5, 5.41) is 10.8. The van der Waals surface area contributed by atoms with E-state index in [-0.39, 0.29) is 10.4 Å². The van der Waals surface area contributed by atoms with E-state index in [1.54, 1.807) is 0 Å². The first-order valence-corrected chi connectivity index (χ1v) is 7.46. The molecule has 0 radical (unpaired) electrons. The average Bonchev–Trinajstić information content (AvgIpc) is 2.40. The third kappa shape index (κ3) is 4.44. The van der Waals surface area contributed by atoms with Crippen LogP contribution in [0.3, 0.4) is 0 Å². The minimum absolute atomic E-state index is 0.108. The molecule has 1 fully saturated rings. The van der Waals surface area contributed by atoms with Gasteiger partial charge in [-0.1, -0.05) is 18.0 Å². The Kier molecular flexibility index (Phi) is 5.60. The summed E-state index contributed by atoms with van der Waals surface area (Å²) in [4.78, 5) is 6.55. The lowest BCUT2D eigenvalue weighted by atomic mass is 10.0. The molecular weight excluding hydrogens is 285 g/mol. The van der Waals surface area contributed by atoms with Crippen molar-refractivity contribution in [3.05, 3.63) is 10.4 Å². The quantitative estimate of drug-likeness (QED) is 0.848. The zero-order valence-electron chi connectivity index (χ0n) is 11.1. The molecule has 7 heteroatoms. The number of likely N-dealkylation sites (tertiary alicyclic amines) is 1. The summed E-state index contributed by atoms with van der Waals surface area (Å²) in [6, 6.07) is 0.701. The second kappa shape index (κ2) is 7.22. The standard InChI is InChI=1S/C12H19Cl2N5/c1-9-5-2-3-7-19(9)8-4-6-15-11-10(13)17-18-12(14)16-11/h9H,2-8H2,1H3,(H,15,16,18). The van der Waals surface area contributed by atoms with Gasteiger partial charge in [0.25, 0.3) is 0 Å². The number of nitrogens with one attached hydrogen (secondary N) is 1. The minimum atomic E-state index is 0.108. The van der Waals surface area contributed by atoms with Crippen LogP contribution in [0.2, 0.25) is 10.4 Å². The molecule has 1 aromatic heterocycles. The largest absolute Gasteiger partial charge is 0.367 e. The summed E-state index contributed by atoms with van der Waals surface area (Å²) >= 11 is 11.6. The van der Waals surface area contributed by atoms with Crippen LogP contribution in [0.25, 0.3) is 0 Å². The van der Waals surface area contributed by atoms with Crippen LogP contribution in [0.5, 0.6) is 0 Å². The van der Waals surface area contributed by atoms with Gasteiger partial charge in [0.1, 0.15) is 0 Å². The second-order valence-electron chi connectivity index (χ2n) is 4.88. The lowest BCUT2D eigenvalue weighted by Gasteiger charge is -2.33. The molecule has 1 unspecified atom stereocenters. The van der Waals surface area contributed by atoms with E-state index in [1.807, 2.05) is 0 Å². The zero-order valence-corrected chi connectivity index (χ0v) is 12.6. The Balaban J connectivity index is 1.73. The first-order chi connectivity index (χ1) is 9.16. The van der Waals surface area contributed by atoms with Crippen LogP contribution in [0.1, 0.15) is 32.6 Å². The molecule has 1 N–H and O–H groups in total. The molecule has 0 spiro atoms. The number of rotatable bonds is 5. The van der Waals surface area contributed by atoms with Gasteiger partial charge in [-0.2, -0.15) is 4.98 Å². The molecule has 1 aliphatic heterocycles. The normalized spacial score (nSPS) is 20.5. The van der Waals surface area contributed by atoms with Crippen LogP contribution in [-0.2, 0) is 0 Å². The molecule has 1 aliphatic rings. The number of hydrogen-bond acceptors (Lipinski definition) is 5. The van der Waals surface area contributed by atoms with Crippen LogP contribution >= 0.6 is 23.2 Å². The van der Waals surface area contributed by atoms with Gasteiger partial charge < -0.3 is 10.2 Å². The Hall–Kier alpha value is -0.650. The highest BCUT2D eigenvalue weighted by atomic mass is 35.5. The first-order valence-electron chi connectivity index (χ1n) is 6.70. The van der Waals surface area contributed by atoms with Crippen molar-refractivity contribution in [1.29, 1.82) is 0 Å². The van der Waals surface area contributed by atoms with Crippen LogP contribution < -0.4 is 5.32 Å². The van der Waals surface area contributed by atoms with Gasteiger partial charge in [-0.25, -0.2) is 0 Å². The molecular formula is C12H19Cl2N5. The van der Waals surface area contributed by atoms with E-state index in [4.69, 9.17) is 23.2 Å². The fourth-order valence-corrected chi connectivity index (χ4v) is 2.65.